The molecule has 3 rings (SSSR count). The zero-order chi connectivity index (χ0) is 14.3. The van der Waals surface area contributed by atoms with Gasteiger partial charge in [-0.15, -0.1) is 5.10 Å². The quantitative estimate of drug-likeness (QED) is 0.912. The molecule has 1 fully saturated rings. The third-order valence-electron chi connectivity index (χ3n) is 4.22. The average molecular weight is 273 g/mol. The second kappa shape index (κ2) is 4.89. The van der Waals surface area contributed by atoms with E-state index < -0.39 is 5.97 Å². The number of carbonyl (C=O) groups is 1. The van der Waals surface area contributed by atoms with Gasteiger partial charge in [0.15, 0.2) is 0 Å². The Kier molecular flexibility index (Phi) is 3.20. The van der Waals surface area contributed by atoms with E-state index in [1.165, 1.54) is 6.42 Å². The number of aromatic carboxylic acids is 1. The number of hydrogen-bond acceptors (Lipinski definition) is 3. The van der Waals surface area contributed by atoms with Crippen molar-refractivity contribution in [2.45, 2.75) is 39.2 Å². The molecule has 0 saturated heterocycles. The molecule has 1 heterocycles. The fourth-order valence-electron chi connectivity index (χ4n) is 3.45. The minimum Gasteiger partial charge on any atom is -0.478 e. The summed E-state index contributed by atoms with van der Waals surface area (Å²) in [5, 5.41) is 17.4. The summed E-state index contributed by atoms with van der Waals surface area (Å²) < 4.78 is 1.98. The number of aromatic nitrogens is 3. The normalized spacial score (nSPS) is 26.8. The molecule has 0 aliphatic heterocycles. The van der Waals surface area contributed by atoms with Crippen LogP contribution in [-0.2, 0) is 0 Å². The van der Waals surface area contributed by atoms with Gasteiger partial charge >= 0.3 is 5.97 Å². The van der Waals surface area contributed by atoms with Gasteiger partial charge in [0.1, 0.15) is 5.52 Å². The summed E-state index contributed by atoms with van der Waals surface area (Å²) in [7, 11) is 0. The van der Waals surface area contributed by atoms with Crippen LogP contribution in [-0.4, -0.2) is 26.1 Å². The van der Waals surface area contributed by atoms with Crippen molar-refractivity contribution in [1.82, 2.24) is 15.0 Å². The van der Waals surface area contributed by atoms with Crippen LogP contribution in [0, 0.1) is 11.8 Å². The highest BCUT2D eigenvalue weighted by molar-refractivity contribution is 5.92. The summed E-state index contributed by atoms with van der Waals surface area (Å²) in [6.45, 7) is 4.56. The average Bonchev–Trinajstić information content (AvgIpc) is 2.80. The van der Waals surface area contributed by atoms with E-state index >= 15 is 0 Å². The summed E-state index contributed by atoms with van der Waals surface area (Å²) in [5.74, 6) is 0.462. The molecule has 1 aromatic heterocycles. The minimum atomic E-state index is -0.929. The highest BCUT2D eigenvalue weighted by Crippen LogP contribution is 2.36. The highest BCUT2D eigenvalue weighted by atomic mass is 16.4. The summed E-state index contributed by atoms with van der Waals surface area (Å²) in [6, 6.07) is 5.41. The second-order valence-electron chi connectivity index (χ2n) is 6.11. The number of hydrogen-bond donors (Lipinski definition) is 1. The van der Waals surface area contributed by atoms with Crippen molar-refractivity contribution in [2.75, 3.05) is 0 Å². The maximum atomic E-state index is 11.0. The van der Waals surface area contributed by atoms with Gasteiger partial charge in [-0.2, -0.15) is 0 Å². The summed E-state index contributed by atoms with van der Waals surface area (Å²) in [4.78, 5) is 11.0. The van der Waals surface area contributed by atoms with Gasteiger partial charge in [-0.25, -0.2) is 9.48 Å². The van der Waals surface area contributed by atoms with E-state index in [1.54, 1.807) is 12.1 Å². The van der Waals surface area contributed by atoms with Crippen molar-refractivity contribution >= 4 is 17.0 Å². The first-order valence-electron chi connectivity index (χ1n) is 7.13. The predicted octanol–water partition coefficient (Wildman–Crippen LogP) is 3.13. The number of carboxylic acid groups (broad SMARTS) is 1. The Morgan fingerprint density at radius 3 is 2.60 bits per heavy atom. The van der Waals surface area contributed by atoms with Crippen LogP contribution in [0.15, 0.2) is 18.2 Å². The molecule has 0 radical (unpaired) electrons. The van der Waals surface area contributed by atoms with Crippen LogP contribution in [0.3, 0.4) is 0 Å². The molecule has 106 valence electrons. The third-order valence-corrected chi connectivity index (χ3v) is 4.22. The summed E-state index contributed by atoms with van der Waals surface area (Å²) >= 11 is 0. The van der Waals surface area contributed by atoms with E-state index in [-0.39, 0.29) is 5.56 Å². The van der Waals surface area contributed by atoms with E-state index in [0.717, 1.165) is 18.4 Å². The topological polar surface area (TPSA) is 68.0 Å². The second-order valence-corrected chi connectivity index (χ2v) is 6.11. The number of rotatable bonds is 2. The molecule has 0 spiro atoms. The molecule has 1 aliphatic carbocycles. The molecule has 5 heteroatoms. The molecule has 2 atom stereocenters. The van der Waals surface area contributed by atoms with E-state index in [2.05, 4.69) is 24.2 Å². The van der Waals surface area contributed by atoms with Gasteiger partial charge in [0.25, 0.3) is 0 Å². The molecule has 5 nitrogen and oxygen atoms in total. The van der Waals surface area contributed by atoms with E-state index in [4.69, 9.17) is 5.11 Å². The van der Waals surface area contributed by atoms with Crippen LogP contribution in [0.4, 0.5) is 0 Å². The number of fused-ring (bicyclic) bond motifs is 1. The van der Waals surface area contributed by atoms with Crippen LogP contribution in [0.5, 0.6) is 0 Å². The molecule has 20 heavy (non-hydrogen) atoms. The number of carboxylic acids is 1. The van der Waals surface area contributed by atoms with E-state index in [0.29, 0.717) is 23.4 Å². The summed E-state index contributed by atoms with van der Waals surface area (Å²) in [6.07, 6.45) is 3.50. The Morgan fingerprint density at radius 2 is 1.95 bits per heavy atom. The molecule has 2 unspecified atom stereocenters. The highest BCUT2D eigenvalue weighted by Gasteiger charge is 2.27. The van der Waals surface area contributed by atoms with Crippen LogP contribution < -0.4 is 0 Å². The Bertz CT molecular complexity index is 640. The van der Waals surface area contributed by atoms with Gasteiger partial charge < -0.3 is 5.11 Å². The molecule has 1 aromatic carbocycles. The van der Waals surface area contributed by atoms with Crippen molar-refractivity contribution in [3.63, 3.8) is 0 Å². The van der Waals surface area contributed by atoms with Crippen LogP contribution in [0.25, 0.3) is 11.0 Å². The van der Waals surface area contributed by atoms with Gasteiger partial charge in [-0.05, 0) is 49.3 Å². The largest absolute Gasteiger partial charge is 0.478 e. The Hall–Kier alpha value is -1.91. The lowest BCUT2D eigenvalue weighted by atomic mass is 9.80. The van der Waals surface area contributed by atoms with Crippen molar-refractivity contribution < 1.29 is 9.90 Å². The fraction of sp³-hybridized carbons (Fsp3) is 0.533. The standard InChI is InChI=1S/C15H19N3O2/c1-9-5-10(2)7-12(6-9)18-14-4-3-11(15(19)20)8-13(14)16-17-18/h3-4,8-10,12H,5-7H2,1-2H3,(H,19,20). The lowest BCUT2D eigenvalue weighted by Crippen LogP contribution is -2.23. The van der Waals surface area contributed by atoms with Gasteiger partial charge in [-0.1, -0.05) is 19.1 Å². The fourth-order valence-corrected chi connectivity index (χ4v) is 3.45. The molecule has 2 aromatic rings. The molecule has 0 bridgehead atoms. The summed E-state index contributed by atoms with van der Waals surface area (Å²) in [5.41, 5.74) is 1.85. The lowest BCUT2D eigenvalue weighted by molar-refractivity contribution is 0.0697. The van der Waals surface area contributed by atoms with E-state index in [9.17, 15) is 4.79 Å². The molecule has 1 saturated carbocycles. The number of benzene rings is 1. The van der Waals surface area contributed by atoms with Crippen LogP contribution >= 0.6 is 0 Å². The Balaban J connectivity index is 1.98. The third kappa shape index (κ3) is 2.28. The predicted molar refractivity (Wildman–Crippen MR) is 75.7 cm³/mol. The lowest BCUT2D eigenvalue weighted by Gasteiger charge is -2.31. The van der Waals surface area contributed by atoms with Gasteiger partial charge in [0.05, 0.1) is 17.1 Å². The maximum absolute atomic E-state index is 11.0. The van der Waals surface area contributed by atoms with Crippen molar-refractivity contribution in [3.05, 3.63) is 23.8 Å². The van der Waals surface area contributed by atoms with E-state index in [1.807, 2.05) is 10.7 Å². The molecule has 1 aliphatic rings. The zero-order valence-electron chi connectivity index (χ0n) is 11.8. The monoisotopic (exact) mass is 273 g/mol. The Morgan fingerprint density at radius 1 is 1.25 bits per heavy atom. The first-order chi connectivity index (χ1) is 9.54. The maximum Gasteiger partial charge on any atom is 0.335 e. The molecular formula is C15H19N3O2. The van der Waals surface area contributed by atoms with Gasteiger partial charge in [0, 0.05) is 0 Å². The first-order valence-corrected chi connectivity index (χ1v) is 7.13. The molecular weight excluding hydrogens is 254 g/mol. The Labute approximate surface area is 117 Å². The minimum absolute atomic E-state index is 0.259. The first kappa shape index (κ1) is 13.1. The van der Waals surface area contributed by atoms with Crippen molar-refractivity contribution in [3.8, 4) is 0 Å². The van der Waals surface area contributed by atoms with Crippen molar-refractivity contribution in [2.24, 2.45) is 11.8 Å². The van der Waals surface area contributed by atoms with Crippen LogP contribution in [0.2, 0.25) is 0 Å². The van der Waals surface area contributed by atoms with Gasteiger partial charge in [-0.3, -0.25) is 0 Å². The van der Waals surface area contributed by atoms with Crippen molar-refractivity contribution in [1.29, 1.82) is 0 Å². The molecule has 1 N–H and O–H groups in total. The smallest absolute Gasteiger partial charge is 0.335 e. The molecule has 0 amide bonds. The zero-order valence-corrected chi connectivity index (χ0v) is 11.8. The van der Waals surface area contributed by atoms with Gasteiger partial charge in [0.2, 0.25) is 0 Å². The van der Waals surface area contributed by atoms with Crippen LogP contribution in [0.1, 0.15) is 49.5 Å². The SMILES string of the molecule is CC1CC(C)CC(n2nnc3cc(C(=O)O)ccc32)C1. The number of nitrogens with zero attached hydrogens (tertiary/aromatic N) is 3.